The summed E-state index contributed by atoms with van der Waals surface area (Å²) in [5.41, 5.74) is 2.41. The molecule has 2 rings (SSSR count). The molecule has 2 aromatic rings. The summed E-state index contributed by atoms with van der Waals surface area (Å²) in [5, 5.41) is 12.9. The van der Waals surface area contributed by atoms with Gasteiger partial charge in [-0.3, -0.25) is 0 Å². The summed E-state index contributed by atoms with van der Waals surface area (Å²) in [6.45, 7) is 0.539. The van der Waals surface area contributed by atoms with Crippen LogP contribution < -0.4 is 10.1 Å². The van der Waals surface area contributed by atoms with Crippen LogP contribution in [-0.2, 0) is 6.54 Å². The van der Waals surface area contributed by atoms with E-state index in [1.807, 2.05) is 24.3 Å². The lowest BCUT2D eigenvalue weighted by molar-refractivity contribution is 0.410. The monoisotopic (exact) mass is 350 g/mol. The van der Waals surface area contributed by atoms with E-state index in [9.17, 15) is 0 Å². The van der Waals surface area contributed by atoms with Gasteiger partial charge in [0.05, 0.1) is 24.4 Å². The molecule has 0 radical (unpaired) electrons. The van der Waals surface area contributed by atoms with E-state index >= 15 is 0 Å². The summed E-state index contributed by atoms with van der Waals surface area (Å²) in [5.74, 6) is 0.745. The van der Waals surface area contributed by atoms with E-state index in [1.54, 1.807) is 19.2 Å². The van der Waals surface area contributed by atoms with Gasteiger partial charge in [0, 0.05) is 21.6 Å². The molecule has 0 saturated heterocycles. The van der Waals surface area contributed by atoms with Crippen LogP contribution in [-0.4, -0.2) is 7.11 Å². The summed E-state index contributed by atoms with van der Waals surface area (Å²) in [6, 6.07) is 13.0. The zero-order valence-electron chi connectivity index (χ0n) is 10.8. The quantitative estimate of drug-likeness (QED) is 0.876. The Balaban J connectivity index is 2.22. The predicted octanol–water partition coefficient (Wildman–Crippen LogP) is 4.59. The van der Waals surface area contributed by atoms with Crippen LogP contribution in [0.4, 0.5) is 5.69 Å². The number of nitrogens with zero attached hydrogens (tertiary/aromatic N) is 1. The summed E-state index contributed by atoms with van der Waals surface area (Å²) in [6.07, 6.45) is 0. The Labute approximate surface area is 131 Å². The van der Waals surface area contributed by atoms with Crippen molar-refractivity contribution in [2.45, 2.75) is 6.54 Å². The average molecular weight is 352 g/mol. The molecule has 0 aromatic heterocycles. The molecule has 0 atom stereocenters. The Morgan fingerprint density at radius 3 is 2.80 bits per heavy atom. The van der Waals surface area contributed by atoms with Gasteiger partial charge in [0.15, 0.2) is 0 Å². The van der Waals surface area contributed by atoms with E-state index in [1.165, 1.54) is 0 Å². The summed E-state index contributed by atoms with van der Waals surface area (Å²) in [7, 11) is 1.61. The highest BCUT2D eigenvalue weighted by molar-refractivity contribution is 9.10. The molecule has 0 amide bonds. The second-order valence-corrected chi connectivity index (χ2v) is 5.41. The molecule has 0 saturated carbocycles. The van der Waals surface area contributed by atoms with Crippen LogP contribution in [0.5, 0.6) is 5.75 Å². The van der Waals surface area contributed by atoms with Crippen LogP contribution in [0, 0.1) is 11.3 Å². The SMILES string of the molecule is COc1ccc(C#N)cc1CNc1cc(Cl)ccc1Br. The van der Waals surface area contributed by atoms with Crippen LogP contribution in [0.2, 0.25) is 5.02 Å². The van der Waals surface area contributed by atoms with Gasteiger partial charge in [-0.2, -0.15) is 5.26 Å². The molecule has 2 aromatic carbocycles. The van der Waals surface area contributed by atoms with Crippen molar-refractivity contribution in [3.05, 3.63) is 57.0 Å². The molecule has 20 heavy (non-hydrogen) atoms. The van der Waals surface area contributed by atoms with Gasteiger partial charge in [-0.05, 0) is 52.3 Å². The van der Waals surface area contributed by atoms with Crippen LogP contribution >= 0.6 is 27.5 Å². The minimum absolute atomic E-state index is 0.539. The van der Waals surface area contributed by atoms with Gasteiger partial charge in [-0.25, -0.2) is 0 Å². The number of hydrogen-bond donors (Lipinski definition) is 1. The van der Waals surface area contributed by atoms with E-state index in [0.29, 0.717) is 17.1 Å². The maximum absolute atomic E-state index is 8.96. The fraction of sp³-hybridized carbons (Fsp3) is 0.133. The smallest absolute Gasteiger partial charge is 0.123 e. The van der Waals surface area contributed by atoms with Gasteiger partial charge in [0.2, 0.25) is 0 Å². The molecule has 0 fully saturated rings. The highest BCUT2D eigenvalue weighted by atomic mass is 79.9. The van der Waals surface area contributed by atoms with Crippen LogP contribution in [0.25, 0.3) is 0 Å². The predicted molar refractivity (Wildman–Crippen MR) is 84.2 cm³/mol. The van der Waals surface area contributed by atoms with E-state index in [0.717, 1.165) is 21.5 Å². The third-order valence-corrected chi connectivity index (χ3v) is 3.73. The largest absolute Gasteiger partial charge is 0.496 e. The molecular weight excluding hydrogens is 340 g/mol. The van der Waals surface area contributed by atoms with Crippen molar-refractivity contribution in [2.75, 3.05) is 12.4 Å². The lowest BCUT2D eigenvalue weighted by atomic mass is 10.1. The van der Waals surface area contributed by atoms with Crippen molar-refractivity contribution >= 4 is 33.2 Å². The first-order valence-electron chi connectivity index (χ1n) is 5.90. The van der Waals surface area contributed by atoms with Gasteiger partial charge in [-0.1, -0.05) is 11.6 Å². The number of ether oxygens (including phenoxy) is 1. The zero-order chi connectivity index (χ0) is 14.5. The van der Waals surface area contributed by atoms with Crippen molar-refractivity contribution < 1.29 is 4.74 Å². The second kappa shape index (κ2) is 6.65. The first-order chi connectivity index (χ1) is 9.63. The molecule has 0 bridgehead atoms. The van der Waals surface area contributed by atoms with Crippen LogP contribution in [0.3, 0.4) is 0 Å². The Kier molecular flexibility index (Phi) is 4.89. The molecule has 0 aliphatic heterocycles. The van der Waals surface area contributed by atoms with Gasteiger partial charge in [0.25, 0.3) is 0 Å². The maximum atomic E-state index is 8.96. The lowest BCUT2D eigenvalue weighted by Gasteiger charge is -2.12. The van der Waals surface area contributed by atoms with Crippen LogP contribution in [0.1, 0.15) is 11.1 Å². The highest BCUT2D eigenvalue weighted by Crippen LogP contribution is 2.27. The van der Waals surface area contributed by atoms with E-state index in [4.69, 9.17) is 21.6 Å². The Hall–Kier alpha value is -1.70. The summed E-state index contributed by atoms with van der Waals surface area (Å²) in [4.78, 5) is 0. The standard InChI is InChI=1S/C15H12BrClN2O/c1-20-15-5-2-10(8-18)6-11(15)9-19-14-7-12(17)3-4-13(14)16/h2-7,19H,9H2,1H3. The van der Waals surface area contributed by atoms with Gasteiger partial charge < -0.3 is 10.1 Å². The molecule has 5 heteroatoms. The molecule has 0 aliphatic carbocycles. The first-order valence-corrected chi connectivity index (χ1v) is 7.07. The van der Waals surface area contributed by atoms with E-state index < -0.39 is 0 Å². The second-order valence-electron chi connectivity index (χ2n) is 4.12. The first kappa shape index (κ1) is 14.7. The maximum Gasteiger partial charge on any atom is 0.123 e. The number of rotatable bonds is 4. The van der Waals surface area contributed by atoms with E-state index in [-0.39, 0.29) is 0 Å². The number of nitrogens with one attached hydrogen (secondary N) is 1. The van der Waals surface area contributed by atoms with Crippen LogP contribution in [0.15, 0.2) is 40.9 Å². The molecule has 0 spiro atoms. The minimum atomic E-state index is 0.539. The molecule has 102 valence electrons. The number of halogens is 2. The third kappa shape index (κ3) is 3.44. The molecule has 0 heterocycles. The number of hydrogen-bond acceptors (Lipinski definition) is 3. The van der Waals surface area contributed by atoms with Gasteiger partial charge in [-0.15, -0.1) is 0 Å². The molecule has 0 unspecified atom stereocenters. The lowest BCUT2D eigenvalue weighted by Crippen LogP contribution is -2.02. The zero-order valence-corrected chi connectivity index (χ0v) is 13.1. The summed E-state index contributed by atoms with van der Waals surface area (Å²) < 4.78 is 6.23. The Morgan fingerprint density at radius 2 is 2.10 bits per heavy atom. The number of methoxy groups -OCH3 is 1. The fourth-order valence-corrected chi connectivity index (χ4v) is 2.37. The van der Waals surface area contributed by atoms with Gasteiger partial charge >= 0.3 is 0 Å². The normalized spacial score (nSPS) is 9.90. The van der Waals surface area contributed by atoms with Crippen molar-refractivity contribution in [3.8, 4) is 11.8 Å². The molecule has 3 nitrogen and oxygen atoms in total. The molecular formula is C15H12BrClN2O. The fourth-order valence-electron chi connectivity index (χ4n) is 1.81. The van der Waals surface area contributed by atoms with Gasteiger partial charge in [0.1, 0.15) is 5.75 Å². The Morgan fingerprint density at radius 1 is 1.30 bits per heavy atom. The topological polar surface area (TPSA) is 45.0 Å². The average Bonchev–Trinajstić information content (AvgIpc) is 2.47. The third-order valence-electron chi connectivity index (χ3n) is 2.81. The Bertz CT molecular complexity index is 667. The minimum Gasteiger partial charge on any atom is -0.496 e. The number of nitriles is 1. The number of anilines is 1. The summed E-state index contributed by atoms with van der Waals surface area (Å²) >= 11 is 9.44. The number of benzene rings is 2. The van der Waals surface area contributed by atoms with E-state index in [2.05, 4.69) is 27.3 Å². The van der Waals surface area contributed by atoms with Crippen molar-refractivity contribution in [2.24, 2.45) is 0 Å². The molecule has 0 aliphatic rings. The molecule has 1 N–H and O–H groups in total. The van der Waals surface area contributed by atoms with Crippen molar-refractivity contribution in [1.82, 2.24) is 0 Å². The van der Waals surface area contributed by atoms with Crippen molar-refractivity contribution in [1.29, 1.82) is 5.26 Å². The van der Waals surface area contributed by atoms with Crippen molar-refractivity contribution in [3.63, 3.8) is 0 Å². The highest BCUT2D eigenvalue weighted by Gasteiger charge is 2.06.